The molecule has 0 bridgehead atoms. The first-order valence-electron chi connectivity index (χ1n) is 5.53. The topological polar surface area (TPSA) is 92.8 Å². The van der Waals surface area contributed by atoms with Crippen molar-refractivity contribution >= 4 is 5.91 Å². The highest BCUT2D eigenvalue weighted by molar-refractivity contribution is 5.94. The van der Waals surface area contributed by atoms with Gasteiger partial charge in [0.05, 0.1) is 19.8 Å². The summed E-state index contributed by atoms with van der Waals surface area (Å²) in [5, 5.41) is 16.0. The van der Waals surface area contributed by atoms with E-state index in [-0.39, 0.29) is 12.5 Å². The molecule has 1 aromatic heterocycles. The maximum atomic E-state index is 11.9. The van der Waals surface area contributed by atoms with Crippen molar-refractivity contribution in [3.8, 4) is 0 Å². The second kappa shape index (κ2) is 4.53. The van der Waals surface area contributed by atoms with Crippen LogP contribution in [0.2, 0.25) is 0 Å². The zero-order valence-corrected chi connectivity index (χ0v) is 9.51. The van der Waals surface area contributed by atoms with Gasteiger partial charge in [0.1, 0.15) is 0 Å². The maximum Gasteiger partial charge on any atom is 0.251 e. The third-order valence-electron chi connectivity index (χ3n) is 2.78. The number of tetrazole rings is 1. The standard InChI is InChI=1S/C11H11N5O2/c17-11(12-4-10-13-15-16-14-10)7-1-2-8-5-18-6-9(8)3-7/h1-3H,4-6H2,(H,12,17)(H,13,14,15,16). The molecule has 3 rings (SSSR count). The molecule has 0 fully saturated rings. The molecule has 0 spiro atoms. The lowest BCUT2D eigenvalue weighted by Crippen LogP contribution is -2.23. The van der Waals surface area contributed by atoms with Crippen LogP contribution in [0.5, 0.6) is 0 Å². The number of fused-ring (bicyclic) bond motifs is 1. The van der Waals surface area contributed by atoms with Gasteiger partial charge in [-0.1, -0.05) is 11.3 Å². The van der Waals surface area contributed by atoms with Crippen LogP contribution in [0.1, 0.15) is 27.3 Å². The molecule has 0 aliphatic carbocycles. The smallest absolute Gasteiger partial charge is 0.251 e. The van der Waals surface area contributed by atoms with Crippen molar-refractivity contribution in [3.63, 3.8) is 0 Å². The minimum absolute atomic E-state index is 0.158. The average Bonchev–Trinajstić information content (AvgIpc) is 3.05. The van der Waals surface area contributed by atoms with E-state index in [1.54, 1.807) is 6.07 Å². The predicted molar refractivity (Wildman–Crippen MR) is 60.3 cm³/mol. The SMILES string of the molecule is O=C(NCc1nn[nH]n1)c1ccc2c(c1)COC2. The summed E-state index contributed by atoms with van der Waals surface area (Å²) in [6, 6.07) is 5.57. The Morgan fingerprint density at radius 1 is 1.39 bits per heavy atom. The lowest BCUT2D eigenvalue weighted by atomic mass is 10.1. The predicted octanol–water partition coefficient (Wildman–Crippen LogP) is 0.160. The Labute approximate surface area is 103 Å². The second-order valence-corrected chi connectivity index (χ2v) is 3.99. The molecule has 92 valence electrons. The number of amides is 1. The molecule has 2 heterocycles. The summed E-state index contributed by atoms with van der Waals surface area (Å²) < 4.78 is 5.30. The molecular weight excluding hydrogens is 234 g/mol. The Kier molecular flexibility index (Phi) is 2.73. The fourth-order valence-electron chi connectivity index (χ4n) is 1.83. The number of nitrogens with zero attached hydrogens (tertiary/aromatic N) is 3. The molecule has 1 amide bonds. The van der Waals surface area contributed by atoms with E-state index in [2.05, 4.69) is 25.9 Å². The van der Waals surface area contributed by atoms with Crippen molar-refractivity contribution in [1.29, 1.82) is 0 Å². The summed E-state index contributed by atoms with van der Waals surface area (Å²) in [5.41, 5.74) is 2.83. The summed E-state index contributed by atoms with van der Waals surface area (Å²) >= 11 is 0. The van der Waals surface area contributed by atoms with E-state index in [4.69, 9.17) is 4.74 Å². The van der Waals surface area contributed by atoms with Crippen LogP contribution >= 0.6 is 0 Å². The first-order chi connectivity index (χ1) is 8.83. The Balaban J connectivity index is 1.69. The minimum atomic E-state index is -0.158. The number of ether oxygens (including phenoxy) is 1. The van der Waals surface area contributed by atoms with Crippen LogP contribution in [-0.4, -0.2) is 26.5 Å². The molecule has 2 aromatic rings. The first kappa shape index (κ1) is 10.8. The number of carbonyl (C=O) groups is 1. The van der Waals surface area contributed by atoms with E-state index in [1.165, 1.54) is 0 Å². The highest BCUT2D eigenvalue weighted by atomic mass is 16.5. The van der Waals surface area contributed by atoms with Crippen molar-refractivity contribution < 1.29 is 9.53 Å². The first-order valence-corrected chi connectivity index (χ1v) is 5.53. The summed E-state index contributed by atoms with van der Waals surface area (Å²) in [6.07, 6.45) is 0. The van der Waals surface area contributed by atoms with Gasteiger partial charge in [-0.25, -0.2) is 0 Å². The lowest BCUT2D eigenvalue weighted by Gasteiger charge is -2.04. The molecule has 2 N–H and O–H groups in total. The molecule has 0 radical (unpaired) electrons. The van der Waals surface area contributed by atoms with E-state index in [0.717, 1.165) is 11.1 Å². The van der Waals surface area contributed by atoms with Crippen LogP contribution in [0.25, 0.3) is 0 Å². The largest absolute Gasteiger partial charge is 0.372 e. The quantitative estimate of drug-likeness (QED) is 0.803. The zero-order valence-electron chi connectivity index (χ0n) is 9.51. The van der Waals surface area contributed by atoms with Crippen LogP contribution < -0.4 is 5.32 Å². The number of carbonyl (C=O) groups excluding carboxylic acids is 1. The summed E-state index contributed by atoms with van der Waals surface area (Å²) in [6.45, 7) is 1.45. The number of hydrogen-bond acceptors (Lipinski definition) is 5. The van der Waals surface area contributed by atoms with Crippen LogP contribution in [-0.2, 0) is 24.5 Å². The Hall–Kier alpha value is -2.28. The van der Waals surface area contributed by atoms with Crippen LogP contribution in [0.3, 0.4) is 0 Å². The number of H-pyrrole nitrogens is 1. The Morgan fingerprint density at radius 2 is 2.28 bits per heavy atom. The normalized spacial score (nSPS) is 13.3. The molecule has 1 aliphatic rings. The Bertz CT molecular complexity index is 567. The van der Waals surface area contributed by atoms with Crippen molar-refractivity contribution in [2.45, 2.75) is 19.8 Å². The second-order valence-electron chi connectivity index (χ2n) is 3.99. The number of aromatic amines is 1. The van der Waals surface area contributed by atoms with Gasteiger partial charge in [0.2, 0.25) is 0 Å². The van der Waals surface area contributed by atoms with Gasteiger partial charge in [0, 0.05) is 5.56 Å². The van der Waals surface area contributed by atoms with Crippen molar-refractivity contribution in [1.82, 2.24) is 25.9 Å². The van der Waals surface area contributed by atoms with Crippen molar-refractivity contribution in [3.05, 3.63) is 40.7 Å². The molecule has 18 heavy (non-hydrogen) atoms. The number of nitrogens with one attached hydrogen (secondary N) is 2. The minimum Gasteiger partial charge on any atom is -0.372 e. The van der Waals surface area contributed by atoms with Crippen molar-refractivity contribution in [2.24, 2.45) is 0 Å². The lowest BCUT2D eigenvalue weighted by molar-refractivity contribution is 0.0949. The molecule has 0 atom stereocenters. The van der Waals surface area contributed by atoms with Crippen molar-refractivity contribution in [2.75, 3.05) is 0 Å². The number of benzene rings is 1. The summed E-state index contributed by atoms with van der Waals surface area (Å²) in [4.78, 5) is 11.9. The van der Waals surface area contributed by atoms with Crippen LogP contribution in [0, 0.1) is 0 Å². The molecule has 1 aromatic carbocycles. The van der Waals surface area contributed by atoms with E-state index < -0.39 is 0 Å². The van der Waals surface area contributed by atoms with Gasteiger partial charge >= 0.3 is 0 Å². The third-order valence-corrected chi connectivity index (χ3v) is 2.78. The van der Waals surface area contributed by atoms with Gasteiger partial charge in [-0.2, -0.15) is 5.21 Å². The monoisotopic (exact) mass is 245 g/mol. The number of hydrogen-bond donors (Lipinski definition) is 2. The highest BCUT2D eigenvalue weighted by Crippen LogP contribution is 2.20. The van der Waals surface area contributed by atoms with E-state index in [9.17, 15) is 4.79 Å². The van der Waals surface area contributed by atoms with Gasteiger partial charge in [-0.15, -0.1) is 10.2 Å². The van der Waals surface area contributed by atoms with Gasteiger partial charge in [0.15, 0.2) is 5.82 Å². The van der Waals surface area contributed by atoms with E-state index in [0.29, 0.717) is 24.6 Å². The number of rotatable bonds is 3. The molecular formula is C11H11N5O2. The van der Waals surface area contributed by atoms with Gasteiger partial charge in [-0.3, -0.25) is 4.79 Å². The zero-order chi connectivity index (χ0) is 12.4. The summed E-state index contributed by atoms with van der Waals surface area (Å²) in [7, 11) is 0. The van der Waals surface area contributed by atoms with Crippen LogP contribution in [0.15, 0.2) is 18.2 Å². The fourth-order valence-corrected chi connectivity index (χ4v) is 1.83. The average molecular weight is 245 g/mol. The van der Waals surface area contributed by atoms with E-state index in [1.807, 2.05) is 12.1 Å². The maximum absolute atomic E-state index is 11.9. The third kappa shape index (κ3) is 2.07. The fraction of sp³-hybridized carbons (Fsp3) is 0.273. The molecule has 0 saturated heterocycles. The molecule has 1 aliphatic heterocycles. The highest BCUT2D eigenvalue weighted by Gasteiger charge is 2.14. The Morgan fingerprint density at radius 3 is 3.11 bits per heavy atom. The van der Waals surface area contributed by atoms with E-state index >= 15 is 0 Å². The van der Waals surface area contributed by atoms with Gasteiger partial charge in [-0.05, 0) is 23.3 Å². The van der Waals surface area contributed by atoms with Crippen LogP contribution in [0.4, 0.5) is 0 Å². The van der Waals surface area contributed by atoms with Gasteiger partial charge < -0.3 is 10.1 Å². The molecule has 7 nitrogen and oxygen atoms in total. The molecule has 0 unspecified atom stereocenters. The van der Waals surface area contributed by atoms with Gasteiger partial charge in [0.25, 0.3) is 5.91 Å². The molecule has 7 heteroatoms. The number of aromatic nitrogens is 4. The summed E-state index contributed by atoms with van der Waals surface area (Å²) in [5.74, 6) is 0.294. The molecule has 0 saturated carbocycles.